The van der Waals surface area contributed by atoms with E-state index >= 15 is 0 Å². The van der Waals surface area contributed by atoms with Gasteiger partial charge < -0.3 is 10.5 Å². The Balaban J connectivity index is 1.83. The molecule has 0 aromatic heterocycles. The van der Waals surface area contributed by atoms with Crippen molar-refractivity contribution in [3.05, 3.63) is 53.0 Å². The van der Waals surface area contributed by atoms with E-state index in [9.17, 15) is 18.0 Å². The van der Waals surface area contributed by atoms with Gasteiger partial charge in [-0.05, 0) is 48.5 Å². The van der Waals surface area contributed by atoms with Crippen molar-refractivity contribution < 1.29 is 22.7 Å². The first-order valence-electron chi connectivity index (χ1n) is 7.80. The summed E-state index contributed by atoms with van der Waals surface area (Å²) < 4.78 is 33.2. The summed E-state index contributed by atoms with van der Waals surface area (Å²) in [5, 5.41) is -0.562. The van der Waals surface area contributed by atoms with Crippen LogP contribution in [-0.4, -0.2) is 42.1 Å². The topological polar surface area (TPSA) is 107 Å². The maximum absolute atomic E-state index is 12.9. The minimum atomic E-state index is -4.05. The molecule has 2 aromatic carbocycles. The fourth-order valence-electron chi connectivity index (χ4n) is 2.53. The quantitative estimate of drug-likeness (QED) is 0.672. The number of hydrogen-bond acceptors (Lipinski definition) is 6. The molecule has 2 N–H and O–H groups in total. The van der Waals surface area contributed by atoms with E-state index in [0.29, 0.717) is 11.5 Å². The van der Waals surface area contributed by atoms with Crippen LogP contribution in [-0.2, 0) is 19.6 Å². The van der Waals surface area contributed by atoms with Crippen LogP contribution >= 0.6 is 27.7 Å². The van der Waals surface area contributed by atoms with Crippen molar-refractivity contribution in [2.45, 2.75) is 10.9 Å². The first-order valence-corrected chi connectivity index (χ1v) is 11.0. The lowest BCUT2D eigenvalue weighted by Gasteiger charge is -2.30. The fourth-order valence-corrected chi connectivity index (χ4v) is 5.43. The first kappa shape index (κ1) is 19.9. The number of carbonyl (C=O) groups excluding carboxylic acids is 2. The zero-order chi connectivity index (χ0) is 19.6. The Morgan fingerprint density at radius 1 is 1.11 bits per heavy atom. The summed E-state index contributed by atoms with van der Waals surface area (Å²) in [4.78, 5) is 23.5. The molecule has 1 unspecified atom stereocenters. The number of nitrogens with two attached hydrogens (primary N) is 1. The number of carbonyl (C=O) groups is 2. The van der Waals surface area contributed by atoms with Crippen LogP contribution in [0.15, 0.2) is 57.9 Å². The molecule has 0 saturated carbocycles. The van der Waals surface area contributed by atoms with Crippen LogP contribution in [0.25, 0.3) is 0 Å². The lowest BCUT2D eigenvalue weighted by Crippen LogP contribution is -2.54. The molecule has 2 aromatic rings. The van der Waals surface area contributed by atoms with Gasteiger partial charge in [0.15, 0.2) is 6.04 Å². The Bertz CT molecular complexity index is 962. The van der Waals surface area contributed by atoms with Crippen molar-refractivity contribution in [2.24, 2.45) is 5.73 Å². The molecule has 0 radical (unpaired) electrons. The normalized spacial score (nSPS) is 18.3. The number of amides is 1. The number of ether oxygens (including phenoxy) is 1. The molecule has 27 heavy (non-hydrogen) atoms. The van der Waals surface area contributed by atoms with Gasteiger partial charge in [-0.1, -0.05) is 27.7 Å². The van der Waals surface area contributed by atoms with Gasteiger partial charge in [-0.15, -0.1) is 0 Å². The maximum Gasteiger partial charge on any atom is 0.244 e. The van der Waals surface area contributed by atoms with Crippen LogP contribution in [0.4, 0.5) is 0 Å². The van der Waals surface area contributed by atoms with E-state index in [1.807, 2.05) is 12.1 Å². The molecule has 3 rings (SSSR count). The van der Waals surface area contributed by atoms with E-state index in [4.69, 9.17) is 10.5 Å². The van der Waals surface area contributed by atoms with Gasteiger partial charge >= 0.3 is 0 Å². The molecule has 1 amide bonds. The predicted octanol–water partition coefficient (Wildman–Crippen LogP) is 2.36. The smallest absolute Gasteiger partial charge is 0.244 e. The van der Waals surface area contributed by atoms with Gasteiger partial charge in [-0.3, -0.25) is 9.59 Å². The molecule has 0 bridgehead atoms. The van der Waals surface area contributed by atoms with Crippen LogP contribution in [0.2, 0.25) is 0 Å². The number of sulfonamides is 1. The third-order valence-corrected chi connectivity index (χ3v) is 7.12. The number of rotatable bonds is 5. The molecule has 1 atom stereocenters. The number of halogens is 1. The minimum absolute atomic E-state index is 0.0312. The van der Waals surface area contributed by atoms with Gasteiger partial charge in [0, 0.05) is 16.8 Å². The molecule has 1 saturated heterocycles. The summed E-state index contributed by atoms with van der Waals surface area (Å²) in [6.45, 7) is 0.0312. The van der Waals surface area contributed by atoms with Crippen LogP contribution < -0.4 is 10.5 Å². The van der Waals surface area contributed by atoms with E-state index in [1.165, 1.54) is 24.3 Å². The standard InChI is InChI=1S/C17H15BrN2O5S2/c18-11-1-3-12(4-2-11)25-13-5-7-14(8-6-13)27(23,24)20-9-10-26-17(22)15(20)16(19)21/h1-8,15H,9-10H2,(H2,19,21). The molecule has 1 aliphatic heterocycles. The third-order valence-electron chi connectivity index (χ3n) is 3.82. The summed E-state index contributed by atoms with van der Waals surface area (Å²) in [6.07, 6.45) is 0. The number of primary amides is 1. The molecule has 0 spiro atoms. The summed E-state index contributed by atoms with van der Waals surface area (Å²) >= 11 is 4.24. The van der Waals surface area contributed by atoms with Crippen molar-refractivity contribution in [1.82, 2.24) is 4.31 Å². The number of nitrogens with zero attached hydrogens (tertiary/aromatic N) is 1. The van der Waals surface area contributed by atoms with E-state index < -0.39 is 27.1 Å². The molecule has 1 heterocycles. The van der Waals surface area contributed by atoms with Crippen LogP contribution in [0, 0.1) is 0 Å². The highest BCUT2D eigenvalue weighted by atomic mass is 79.9. The number of thioether (sulfide) groups is 1. The Morgan fingerprint density at radius 3 is 2.22 bits per heavy atom. The van der Waals surface area contributed by atoms with Gasteiger partial charge in [0.05, 0.1) is 4.90 Å². The average Bonchev–Trinajstić information content (AvgIpc) is 2.63. The largest absolute Gasteiger partial charge is 0.457 e. The highest BCUT2D eigenvalue weighted by Gasteiger charge is 2.42. The zero-order valence-corrected chi connectivity index (χ0v) is 17.1. The van der Waals surface area contributed by atoms with Gasteiger partial charge in [0.1, 0.15) is 11.5 Å². The van der Waals surface area contributed by atoms with Crippen LogP contribution in [0.1, 0.15) is 0 Å². The first-order chi connectivity index (χ1) is 12.8. The molecule has 0 aliphatic carbocycles. The number of benzene rings is 2. The van der Waals surface area contributed by atoms with Gasteiger partial charge in [-0.2, -0.15) is 4.31 Å². The molecule has 7 nitrogen and oxygen atoms in total. The van der Waals surface area contributed by atoms with Crippen molar-refractivity contribution >= 4 is 48.7 Å². The monoisotopic (exact) mass is 470 g/mol. The summed E-state index contributed by atoms with van der Waals surface area (Å²) in [7, 11) is -4.05. The zero-order valence-electron chi connectivity index (χ0n) is 13.9. The Kier molecular flexibility index (Phi) is 5.89. The lowest BCUT2D eigenvalue weighted by molar-refractivity contribution is -0.127. The number of hydrogen-bond donors (Lipinski definition) is 1. The molecule has 10 heteroatoms. The SMILES string of the molecule is NC(=O)C1C(=O)SCCN1S(=O)(=O)c1ccc(Oc2ccc(Br)cc2)cc1. The Hall–Kier alpha value is -1.88. The Labute approximate surface area is 169 Å². The van der Waals surface area contributed by atoms with E-state index in [-0.39, 0.29) is 17.2 Å². The molecule has 1 fully saturated rings. The van der Waals surface area contributed by atoms with E-state index in [0.717, 1.165) is 20.5 Å². The second-order valence-electron chi connectivity index (χ2n) is 5.62. The highest BCUT2D eigenvalue weighted by Crippen LogP contribution is 2.28. The molecule has 142 valence electrons. The minimum Gasteiger partial charge on any atom is -0.457 e. The maximum atomic E-state index is 12.9. The molecular weight excluding hydrogens is 456 g/mol. The van der Waals surface area contributed by atoms with Crippen molar-refractivity contribution in [2.75, 3.05) is 12.3 Å². The van der Waals surface area contributed by atoms with Crippen molar-refractivity contribution in [3.63, 3.8) is 0 Å². The molecule has 1 aliphatic rings. The van der Waals surface area contributed by atoms with Crippen molar-refractivity contribution in [3.8, 4) is 11.5 Å². The third kappa shape index (κ3) is 4.34. The summed E-state index contributed by atoms with van der Waals surface area (Å²) in [5.41, 5.74) is 5.24. The van der Waals surface area contributed by atoms with E-state index in [1.54, 1.807) is 12.1 Å². The average molecular weight is 471 g/mol. The van der Waals surface area contributed by atoms with Crippen LogP contribution in [0.3, 0.4) is 0 Å². The highest BCUT2D eigenvalue weighted by molar-refractivity contribution is 9.10. The van der Waals surface area contributed by atoms with Gasteiger partial charge in [0.25, 0.3) is 0 Å². The van der Waals surface area contributed by atoms with Gasteiger partial charge in [-0.25, -0.2) is 8.42 Å². The van der Waals surface area contributed by atoms with Gasteiger partial charge in [0.2, 0.25) is 21.0 Å². The summed E-state index contributed by atoms with van der Waals surface area (Å²) in [6, 6.07) is 11.4. The van der Waals surface area contributed by atoms with E-state index in [2.05, 4.69) is 15.9 Å². The Morgan fingerprint density at radius 2 is 1.67 bits per heavy atom. The second kappa shape index (κ2) is 8.01. The second-order valence-corrected chi connectivity index (χ2v) is 9.52. The van der Waals surface area contributed by atoms with Crippen LogP contribution in [0.5, 0.6) is 11.5 Å². The lowest BCUT2D eigenvalue weighted by atomic mass is 10.3. The summed E-state index contributed by atoms with van der Waals surface area (Å²) in [5.74, 6) is 0.340. The fraction of sp³-hybridized carbons (Fsp3) is 0.176. The molecular formula is C17H15BrN2O5S2. The van der Waals surface area contributed by atoms with Crippen molar-refractivity contribution in [1.29, 1.82) is 0 Å². The predicted molar refractivity (Wildman–Crippen MR) is 105 cm³/mol.